The fourth-order valence-corrected chi connectivity index (χ4v) is 2.28. The van der Waals surface area contributed by atoms with Crippen LogP contribution in [0.2, 0.25) is 0 Å². The minimum absolute atomic E-state index is 0.101. The molecule has 112 valence electrons. The Hall–Kier alpha value is -2.41. The Bertz CT molecular complexity index is 667. The van der Waals surface area contributed by atoms with Crippen LogP contribution < -0.4 is 5.32 Å². The number of aliphatic carboxylic acids is 1. The number of carboxylic acids is 1. The normalized spacial score (nSPS) is 13.8. The van der Waals surface area contributed by atoms with E-state index in [1.807, 2.05) is 6.07 Å². The molecular formula is C14H17N3O4. The van der Waals surface area contributed by atoms with Crippen LogP contribution in [0, 0.1) is 0 Å². The second-order valence-electron chi connectivity index (χ2n) is 5.16. The predicted molar refractivity (Wildman–Crippen MR) is 76.1 cm³/mol. The van der Waals surface area contributed by atoms with Crippen LogP contribution >= 0.6 is 0 Å². The van der Waals surface area contributed by atoms with E-state index in [9.17, 15) is 9.59 Å². The number of benzene rings is 1. The quantitative estimate of drug-likeness (QED) is 0.741. The number of H-pyrrole nitrogens is 1. The Morgan fingerprint density at radius 3 is 2.90 bits per heavy atom. The van der Waals surface area contributed by atoms with Gasteiger partial charge in [0.05, 0.1) is 35.8 Å². The maximum Gasteiger partial charge on any atom is 0.305 e. The largest absolute Gasteiger partial charge is 0.481 e. The number of nitrogens with zero attached hydrogens (tertiary/aromatic N) is 1. The Morgan fingerprint density at radius 2 is 2.24 bits per heavy atom. The number of hydrogen-bond acceptors (Lipinski definition) is 4. The lowest BCUT2D eigenvalue weighted by molar-refractivity contribution is -0.139. The van der Waals surface area contributed by atoms with Crippen molar-refractivity contribution in [2.45, 2.75) is 18.9 Å². The van der Waals surface area contributed by atoms with Gasteiger partial charge in [0.1, 0.15) is 0 Å². The van der Waals surface area contributed by atoms with Gasteiger partial charge >= 0.3 is 5.97 Å². The van der Waals surface area contributed by atoms with Crippen molar-refractivity contribution in [2.24, 2.45) is 0 Å². The summed E-state index contributed by atoms with van der Waals surface area (Å²) in [5.41, 5.74) is 0.0441. The number of rotatable bonds is 6. The highest BCUT2D eigenvalue weighted by molar-refractivity contribution is 6.05. The average Bonchev–Trinajstić information content (AvgIpc) is 2.85. The summed E-state index contributed by atoms with van der Waals surface area (Å²) >= 11 is 0. The summed E-state index contributed by atoms with van der Waals surface area (Å²) in [5.74, 6) is -1.37. The zero-order valence-electron chi connectivity index (χ0n) is 11.8. The maximum atomic E-state index is 12.4. The van der Waals surface area contributed by atoms with Crippen molar-refractivity contribution in [3.63, 3.8) is 0 Å². The highest BCUT2D eigenvalue weighted by Gasteiger charge is 2.30. The van der Waals surface area contributed by atoms with Crippen LogP contribution in [0.25, 0.3) is 10.9 Å². The number of amides is 1. The van der Waals surface area contributed by atoms with E-state index in [2.05, 4.69) is 15.5 Å². The first kappa shape index (κ1) is 15.0. The van der Waals surface area contributed by atoms with Gasteiger partial charge in [0.15, 0.2) is 0 Å². The molecule has 0 saturated carbocycles. The molecule has 1 aromatic heterocycles. The number of carbonyl (C=O) groups is 2. The van der Waals surface area contributed by atoms with Crippen LogP contribution in [0.4, 0.5) is 0 Å². The highest BCUT2D eigenvalue weighted by atomic mass is 16.5. The second kappa shape index (κ2) is 5.92. The van der Waals surface area contributed by atoms with E-state index in [4.69, 9.17) is 9.84 Å². The first-order valence-corrected chi connectivity index (χ1v) is 6.40. The molecule has 0 aliphatic rings. The number of aromatic amines is 1. The number of nitrogens with one attached hydrogen (secondary N) is 2. The van der Waals surface area contributed by atoms with Gasteiger partial charge in [-0.05, 0) is 13.0 Å². The monoisotopic (exact) mass is 291 g/mol. The number of para-hydroxylation sites is 1. The molecule has 21 heavy (non-hydrogen) atoms. The van der Waals surface area contributed by atoms with E-state index >= 15 is 0 Å². The van der Waals surface area contributed by atoms with Gasteiger partial charge in [-0.25, -0.2) is 0 Å². The maximum absolute atomic E-state index is 12.4. The van der Waals surface area contributed by atoms with Crippen molar-refractivity contribution in [2.75, 3.05) is 13.7 Å². The molecule has 1 amide bonds. The summed E-state index contributed by atoms with van der Waals surface area (Å²) in [4.78, 5) is 23.4. The van der Waals surface area contributed by atoms with Gasteiger partial charge < -0.3 is 15.2 Å². The number of ether oxygens (including phenoxy) is 1. The molecule has 2 aromatic rings. The average molecular weight is 291 g/mol. The molecule has 1 aromatic carbocycles. The van der Waals surface area contributed by atoms with Crippen LogP contribution in [-0.4, -0.2) is 46.4 Å². The molecule has 1 atom stereocenters. The standard InChI is InChI=1S/C14H17N3O4/c1-14(8-21-2,6-11(18)19)16-13(20)10-5-3-4-9-7-15-17-12(9)10/h3-5,7H,6,8H2,1-2H3,(H,15,17)(H,16,20)(H,18,19). The fraction of sp³-hybridized carbons (Fsp3) is 0.357. The summed E-state index contributed by atoms with van der Waals surface area (Å²) < 4.78 is 5.02. The molecule has 1 unspecified atom stereocenters. The van der Waals surface area contributed by atoms with Crippen molar-refractivity contribution < 1.29 is 19.4 Å². The lowest BCUT2D eigenvalue weighted by Crippen LogP contribution is -2.50. The van der Waals surface area contributed by atoms with E-state index in [0.717, 1.165) is 5.39 Å². The van der Waals surface area contributed by atoms with Crippen LogP contribution in [0.1, 0.15) is 23.7 Å². The van der Waals surface area contributed by atoms with Crippen molar-refractivity contribution in [1.29, 1.82) is 0 Å². The lowest BCUT2D eigenvalue weighted by atomic mass is 9.98. The van der Waals surface area contributed by atoms with E-state index in [0.29, 0.717) is 11.1 Å². The number of fused-ring (bicyclic) bond motifs is 1. The van der Waals surface area contributed by atoms with Gasteiger partial charge in [-0.15, -0.1) is 0 Å². The first-order chi connectivity index (χ1) is 9.95. The number of methoxy groups -OCH3 is 1. The minimum Gasteiger partial charge on any atom is -0.481 e. The zero-order valence-corrected chi connectivity index (χ0v) is 11.8. The molecule has 0 radical (unpaired) electrons. The SMILES string of the molecule is COCC(C)(CC(=O)O)NC(=O)c1cccc2cn[nH]c12. The molecular weight excluding hydrogens is 274 g/mol. The molecule has 0 spiro atoms. The highest BCUT2D eigenvalue weighted by Crippen LogP contribution is 2.18. The van der Waals surface area contributed by atoms with Gasteiger partial charge in [-0.1, -0.05) is 12.1 Å². The number of hydrogen-bond donors (Lipinski definition) is 3. The third-order valence-corrected chi connectivity index (χ3v) is 3.14. The third-order valence-electron chi connectivity index (χ3n) is 3.14. The van der Waals surface area contributed by atoms with Crippen molar-refractivity contribution >= 4 is 22.8 Å². The van der Waals surface area contributed by atoms with Gasteiger partial charge in [0.25, 0.3) is 5.91 Å². The van der Waals surface area contributed by atoms with E-state index in [1.165, 1.54) is 7.11 Å². The second-order valence-corrected chi connectivity index (χ2v) is 5.16. The summed E-state index contributed by atoms with van der Waals surface area (Å²) in [5, 5.41) is 19.2. The Morgan fingerprint density at radius 1 is 1.48 bits per heavy atom. The Labute approximate surface area is 121 Å². The van der Waals surface area contributed by atoms with Crippen LogP contribution in [-0.2, 0) is 9.53 Å². The molecule has 3 N–H and O–H groups in total. The topological polar surface area (TPSA) is 104 Å². The molecule has 1 heterocycles. The molecule has 0 fully saturated rings. The van der Waals surface area contributed by atoms with E-state index in [-0.39, 0.29) is 18.9 Å². The summed E-state index contributed by atoms with van der Waals surface area (Å²) in [6.07, 6.45) is 1.39. The summed E-state index contributed by atoms with van der Waals surface area (Å²) in [6, 6.07) is 5.24. The fourth-order valence-electron chi connectivity index (χ4n) is 2.28. The van der Waals surface area contributed by atoms with Crippen LogP contribution in [0.15, 0.2) is 24.4 Å². The van der Waals surface area contributed by atoms with Gasteiger partial charge in [-0.3, -0.25) is 14.7 Å². The van der Waals surface area contributed by atoms with E-state index in [1.54, 1.807) is 25.3 Å². The number of carboxylic acid groups (broad SMARTS) is 1. The first-order valence-electron chi connectivity index (χ1n) is 6.40. The van der Waals surface area contributed by atoms with Crippen LogP contribution in [0.5, 0.6) is 0 Å². The van der Waals surface area contributed by atoms with Crippen molar-refractivity contribution in [1.82, 2.24) is 15.5 Å². The van der Waals surface area contributed by atoms with E-state index < -0.39 is 11.5 Å². The number of aromatic nitrogens is 2. The molecule has 0 aliphatic heterocycles. The smallest absolute Gasteiger partial charge is 0.305 e. The summed E-state index contributed by atoms with van der Waals surface area (Å²) in [7, 11) is 1.46. The van der Waals surface area contributed by atoms with Crippen molar-refractivity contribution in [3.8, 4) is 0 Å². The minimum atomic E-state index is -1.01. The zero-order chi connectivity index (χ0) is 15.5. The summed E-state index contributed by atoms with van der Waals surface area (Å²) in [6.45, 7) is 1.74. The molecule has 0 bridgehead atoms. The lowest BCUT2D eigenvalue weighted by Gasteiger charge is -2.28. The Balaban J connectivity index is 2.26. The number of carbonyl (C=O) groups excluding carboxylic acids is 1. The third kappa shape index (κ3) is 3.38. The molecule has 2 rings (SSSR count). The predicted octanol–water partition coefficient (Wildman–Crippen LogP) is 1.17. The van der Waals surface area contributed by atoms with Crippen LogP contribution in [0.3, 0.4) is 0 Å². The molecule has 7 heteroatoms. The van der Waals surface area contributed by atoms with Gasteiger partial charge in [0, 0.05) is 12.5 Å². The molecule has 0 saturated heterocycles. The van der Waals surface area contributed by atoms with Crippen molar-refractivity contribution in [3.05, 3.63) is 30.0 Å². The Kier molecular flexibility index (Phi) is 4.23. The molecule has 7 nitrogen and oxygen atoms in total. The van der Waals surface area contributed by atoms with Gasteiger partial charge in [-0.2, -0.15) is 5.10 Å². The molecule has 0 aliphatic carbocycles. The van der Waals surface area contributed by atoms with Gasteiger partial charge in [0.2, 0.25) is 0 Å².